The third-order valence-corrected chi connectivity index (χ3v) is 5.35. The smallest absolute Gasteiger partial charge is 0.321 e. The van der Waals surface area contributed by atoms with Gasteiger partial charge in [-0.1, -0.05) is 6.42 Å². The number of ketones is 1. The van der Waals surface area contributed by atoms with Crippen LogP contribution >= 0.6 is 0 Å². The summed E-state index contributed by atoms with van der Waals surface area (Å²) in [6, 6.07) is 7.09. The number of likely N-dealkylation sites (tertiary alicyclic amines) is 1. The number of aryl methyl sites for hydroxylation is 1. The minimum absolute atomic E-state index is 0.127. The Morgan fingerprint density at radius 3 is 2.58 bits per heavy atom. The third-order valence-electron chi connectivity index (χ3n) is 5.35. The molecule has 1 aliphatic heterocycles. The van der Waals surface area contributed by atoms with E-state index in [1.807, 2.05) is 6.92 Å². The van der Waals surface area contributed by atoms with E-state index in [1.54, 1.807) is 29.2 Å². The number of carbonyl (C=O) groups is 2. The molecule has 2 amide bonds. The van der Waals surface area contributed by atoms with Gasteiger partial charge in [0.15, 0.2) is 11.6 Å². The van der Waals surface area contributed by atoms with Crippen LogP contribution in [0, 0.1) is 12.8 Å². The molecule has 2 aromatic rings. The molecular formula is C19H23N5O2. The first-order valence-electron chi connectivity index (χ1n) is 9.19. The molecule has 136 valence electrons. The SMILES string of the molecule is Cc1nc(C2CCN(C(=O)Nc3ccc(C(=O)C4CCC4)cc3)C2)n[nH]1. The summed E-state index contributed by atoms with van der Waals surface area (Å²) in [6.45, 7) is 3.17. The molecule has 26 heavy (non-hydrogen) atoms. The van der Waals surface area contributed by atoms with Gasteiger partial charge in [-0.05, 0) is 50.5 Å². The number of urea groups is 1. The van der Waals surface area contributed by atoms with Crippen LogP contribution in [-0.2, 0) is 0 Å². The third kappa shape index (κ3) is 3.34. The van der Waals surface area contributed by atoms with Gasteiger partial charge in [0.2, 0.25) is 0 Å². The second-order valence-corrected chi connectivity index (χ2v) is 7.21. The Kier molecular flexibility index (Phi) is 4.44. The molecule has 1 atom stereocenters. The standard InChI is InChI=1S/C19H23N5O2/c1-12-20-18(23-22-12)15-9-10-24(11-15)19(26)21-16-7-5-14(6-8-16)17(25)13-3-2-4-13/h5-8,13,15H,2-4,9-11H2,1H3,(H,21,26)(H,20,22,23). The zero-order valence-electron chi connectivity index (χ0n) is 14.9. The molecule has 0 radical (unpaired) electrons. The van der Waals surface area contributed by atoms with Crippen molar-refractivity contribution in [3.63, 3.8) is 0 Å². The van der Waals surface area contributed by atoms with Gasteiger partial charge in [-0.15, -0.1) is 0 Å². The van der Waals surface area contributed by atoms with E-state index in [-0.39, 0.29) is 23.7 Å². The predicted octanol–water partition coefficient (Wildman–Crippen LogP) is 3.12. The summed E-state index contributed by atoms with van der Waals surface area (Å²) in [5, 5.41) is 9.96. The first kappa shape index (κ1) is 16.8. The molecule has 0 bridgehead atoms. The summed E-state index contributed by atoms with van der Waals surface area (Å²) in [5.41, 5.74) is 1.44. The van der Waals surface area contributed by atoms with Crippen LogP contribution in [0.3, 0.4) is 0 Å². The number of benzene rings is 1. The lowest BCUT2D eigenvalue weighted by atomic mass is 9.80. The maximum atomic E-state index is 12.5. The highest BCUT2D eigenvalue weighted by Gasteiger charge is 2.30. The molecule has 1 saturated carbocycles. The number of aromatic nitrogens is 3. The van der Waals surface area contributed by atoms with Crippen LogP contribution in [0.15, 0.2) is 24.3 Å². The Bertz CT molecular complexity index is 810. The molecule has 1 aromatic heterocycles. The normalized spacial score (nSPS) is 20.0. The van der Waals surface area contributed by atoms with Crippen LogP contribution in [0.1, 0.15) is 53.6 Å². The van der Waals surface area contributed by atoms with Gasteiger partial charge in [0, 0.05) is 36.2 Å². The maximum absolute atomic E-state index is 12.5. The number of anilines is 1. The van der Waals surface area contributed by atoms with Crippen molar-refractivity contribution in [2.75, 3.05) is 18.4 Å². The van der Waals surface area contributed by atoms with Crippen molar-refractivity contribution in [1.29, 1.82) is 0 Å². The lowest BCUT2D eigenvalue weighted by molar-refractivity contribution is 0.0855. The Balaban J connectivity index is 1.34. The van der Waals surface area contributed by atoms with Crippen molar-refractivity contribution < 1.29 is 9.59 Å². The van der Waals surface area contributed by atoms with E-state index in [2.05, 4.69) is 20.5 Å². The fourth-order valence-electron chi connectivity index (χ4n) is 3.52. The minimum atomic E-state index is -0.127. The van der Waals surface area contributed by atoms with Gasteiger partial charge in [-0.25, -0.2) is 9.78 Å². The molecule has 1 saturated heterocycles. The Morgan fingerprint density at radius 2 is 1.96 bits per heavy atom. The van der Waals surface area contributed by atoms with Gasteiger partial charge in [-0.3, -0.25) is 9.89 Å². The molecule has 2 heterocycles. The molecule has 1 unspecified atom stereocenters. The summed E-state index contributed by atoms with van der Waals surface area (Å²) >= 11 is 0. The van der Waals surface area contributed by atoms with Crippen molar-refractivity contribution in [1.82, 2.24) is 20.1 Å². The van der Waals surface area contributed by atoms with E-state index >= 15 is 0 Å². The topological polar surface area (TPSA) is 91.0 Å². The molecule has 1 aromatic carbocycles. The molecular weight excluding hydrogens is 330 g/mol. The number of hydrogen-bond acceptors (Lipinski definition) is 4. The first-order valence-corrected chi connectivity index (χ1v) is 9.19. The number of amides is 2. The lowest BCUT2D eigenvalue weighted by Gasteiger charge is -2.23. The molecule has 2 fully saturated rings. The number of carbonyl (C=O) groups excluding carboxylic acids is 2. The number of rotatable bonds is 4. The zero-order chi connectivity index (χ0) is 18.1. The quantitative estimate of drug-likeness (QED) is 0.826. The second-order valence-electron chi connectivity index (χ2n) is 7.21. The highest BCUT2D eigenvalue weighted by Crippen LogP contribution is 2.30. The minimum Gasteiger partial charge on any atom is -0.324 e. The summed E-state index contributed by atoms with van der Waals surface area (Å²) in [4.78, 5) is 30.9. The summed E-state index contributed by atoms with van der Waals surface area (Å²) in [5.74, 6) is 2.15. The highest BCUT2D eigenvalue weighted by molar-refractivity contribution is 5.99. The fraction of sp³-hybridized carbons (Fsp3) is 0.474. The van der Waals surface area contributed by atoms with Gasteiger partial charge >= 0.3 is 6.03 Å². The number of hydrogen-bond donors (Lipinski definition) is 2. The average Bonchev–Trinajstić information content (AvgIpc) is 3.22. The lowest BCUT2D eigenvalue weighted by Crippen LogP contribution is -2.32. The molecule has 4 rings (SSSR count). The highest BCUT2D eigenvalue weighted by atomic mass is 16.2. The molecule has 1 aliphatic carbocycles. The summed E-state index contributed by atoms with van der Waals surface area (Å²) in [6.07, 6.45) is 4.00. The molecule has 2 aliphatic rings. The number of nitrogens with one attached hydrogen (secondary N) is 2. The van der Waals surface area contributed by atoms with Crippen LogP contribution in [0.2, 0.25) is 0 Å². The monoisotopic (exact) mass is 353 g/mol. The summed E-state index contributed by atoms with van der Waals surface area (Å²) in [7, 11) is 0. The largest absolute Gasteiger partial charge is 0.324 e. The predicted molar refractivity (Wildman–Crippen MR) is 97.2 cm³/mol. The van der Waals surface area contributed by atoms with Crippen molar-refractivity contribution in [2.24, 2.45) is 5.92 Å². The maximum Gasteiger partial charge on any atom is 0.321 e. The van der Waals surface area contributed by atoms with Crippen LogP contribution in [0.4, 0.5) is 10.5 Å². The number of H-pyrrole nitrogens is 1. The number of Topliss-reactive ketones (excluding diaryl/α,β-unsaturated/α-hetero) is 1. The van der Waals surface area contributed by atoms with Crippen molar-refractivity contribution >= 4 is 17.5 Å². The number of nitrogens with zero attached hydrogens (tertiary/aromatic N) is 3. The van der Waals surface area contributed by atoms with Crippen molar-refractivity contribution in [3.05, 3.63) is 41.5 Å². The van der Waals surface area contributed by atoms with E-state index in [1.165, 1.54) is 0 Å². The van der Waals surface area contributed by atoms with Gasteiger partial charge in [-0.2, -0.15) is 5.10 Å². The zero-order valence-corrected chi connectivity index (χ0v) is 14.9. The second kappa shape index (κ2) is 6.90. The Morgan fingerprint density at radius 1 is 1.19 bits per heavy atom. The van der Waals surface area contributed by atoms with Gasteiger partial charge < -0.3 is 10.2 Å². The fourth-order valence-corrected chi connectivity index (χ4v) is 3.52. The van der Waals surface area contributed by atoms with Gasteiger partial charge in [0.1, 0.15) is 5.82 Å². The van der Waals surface area contributed by atoms with E-state index in [4.69, 9.17) is 0 Å². The number of aromatic amines is 1. The Labute approximate surface area is 152 Å². The van der Waals surface area contributed by atoms with Gasteiger partial charge in [0.25, 0.3) is 0 Å². The average molecular weight is 353 g/mol. The van der Waals surface area contributed by atoms with E-state index < -0.39 is 0 Å². The van der Waals surface area contributed by atoms with Crippen LogP contribution < -0.4 is 5.32 Å². The molecule has 0 spiro atoms. The molecule has 7 nitrogen and oxygen atoms in total. The molecule has 2 N–H and O–H groups in total. The first-order chi connectivity index (χ1) is 12.6. The Hall–Kier alpha value is -2.70. The van der Waals surface area contributed by atoms with Crippen LogP contribution in [-0.4, -0.2) is 45.0 Å². The van der Waals surface area contributed by atoms with E-state index in [0.29, 0.717) is 18.8 Å². The van der Waals surface area contributed by atoms with Crippen molar-refractivity contribution in [3.8, 4) is 0 Å². The summed E-state index contributed by atoms with van der Waals surface area (Å²) < 4.78 is 0. The van der Waals surface area contributed by atoms with Crippen LogP contribution in [0.25, 0.3) is 0 Å². The van der Waals surface area contributed by atoms with Crippen LogP contribution in [0.5, 0.6) is 0 Å². The van der Waals surface area contributed by atoms with Gasteiger partial charge in [0.05, 0.1) is 0 Å². The van der Waals surface area contributed by atoms with Crippen molar-refractivity contribution in [2.45, 2.75) is 38.5 Å². The molecule has 7 heteroatoms. The van der Waals surface area contributed by atoms with E-state index in [9.17, 15) is 9.59 Å². The van der Waals surface area contributed by atoms with E-state index in [0.717, 1.165) is 42.9 Å².